The van der Waals surface area contributed by atoms with Crippen LogP contribution in [0.2, 0.25) is 10.0 Å². The number of hydrogen-bond acceptors (Lipinski definition) is 5. The van der Waals surface area contributed by atoms with Crippen molar-refractivity contribution < 1.29 is 23.9 Å². The molecule has 1 fully saturated rings. The molecule has 1 aliphatic heterocycles. The fourth-order valence-electron chi connectivity index (χ4n) is 2.56. The lowest BCUT2D eigenvalue weighted by Gasteiger charge is -2.30. The first-order valence-electron chi connectivity index (χ1n) is 8.13. The standard InChI is InChI=1S/C17H20Cl2N2O5/c1-10(26-14-3-2-12(18)8-13(14)19)17(24)25-9-15(22)21-6-4-11(5-7-21)16(20)23/h2-3,8,10-11H,4-7,9H2,1H3,(H2,20,23)/t10-/m0/s1. The lowest BCUT2D eigenvalue weighted by Crippen LogP contribution is -2.43. The van der Waals surface area contributed by atoms with Crippen molar-refractivity contribution in [1.29, 1.82) is 0 Å². The van der Waals surface area contributed by atoms with E-state index in [9.17, 15) is 14.4 Å². The molecule has 9 heteroatoms. The van der Waals surface area contributed by atoms with Crippen molar-refractivity contribution >= 4 is 41.0 Å². The van der Waals surface area contributed by atoms with Crippen LogP contribution >= 0.6 is 23.2 Å². The van der Waals surface area contributed by atoms with Crippen molar-refractivity contribution in [2.24, 2.45) is 11.7 Å². The summed E-state index contributed by atoms with van der Waals surface area (Å²) in [5, 5.41) is 0.717. The molecule has 0 aliphatic carbocycles. The molecule has 7 nitrogen and oxygen atoms in total. The highest BCUT2D eigenvalue weighted by Crippen LogP contribution is 2.28. The molecular weight excluding hydrogens is 383 g/mol. The molecule has 2 N–H and O–H groups in total. The largest absolute Gasteiger partial charge is 0.477 e. The normalized spacial score (nSPS) is 16.0. The number of piperidine rings is 1. The molecule has 0 spiro atoms. The summed E-state index contributed by atoms with van der Waals surface area (Å²) in [5.41, 5.74) is 5.26. The van der Waals surface area contributed by atoms with Crippen molar-refractivity contribution in [2.75, 3.05) is 19.7 Å². The second-order valence-corrected chi connectivity index (χ2v) is 6.84. The van der Waals surface area contributed by atoms with Gasteiger partial charge in [0.15, 0.2) is 12.7 Å². The average molecular weight is 403 g/mol. The third kappa shape index (κ3) is 5.51. The van der Waals surface area contributed by atoms with E-state index in [0.29, 0.717) is 36.7 Å². The van der Waals surface area contributed by atoms with E-state index in [4.69, 9.17) is 38.4 Å². The maximum atomic E-state index is 12.1. The van der Waals surface area contributed by atoms with Crippen LogP contribution in [0, 0.1) is 5.92 Å². The highest BCUT2D eigenvalue weighted by molar-refractivity contribution is 6.35. The van der Waals surface area contributed by atoms with Crippen molar-refractivity contribution in [1.82, 2.24) is 4.90 Å². The number of primary amides is 1. The smallest absolute Gasteiger partial charge is 0.347 e. The Morgan fingerprint density at radius 3 is 2.50 bits per heavy atom. The molecule has 0 radical (unpaired) electrons. The van der Waals surface area contributed by atoms with Gasteiger partial charge in [0, 0.05) is 24.0 Å². The van der Waals surface area contributed by atoms with Crippen molar-refractivity contribution in [2.45, 2.75) is 25.9 Å². The van der Waals surface area contributed by atoms with Gasteiger partial charge in [0.1, 0.15) is 5.75 Å². The summed E-state index contributed by atoms with van der Waals surface area (Å²) in [6.45, 7) is 1.94. The van der Waals surface area contributed by atoms with Crippen LogP contribution in [0.1, 0.15) is 19.8 Å². The Morgan fingerprint density at radius 2 is 1.92 bits per heavy atom. The number of esters is 1. The van der Waals surface area contributed by atoms with Crippen LogP contribution < -0.4 is 10.5 Å². The summed E-state index contributed by atoms with van der Waals surface area (Å²) in [7, 11) is 0. The van der Waals surface area contributed by atoms with Crippen LogP contribution in [-0.4, -0.2) is 48.5 Å². The van der Waals surface area contributed by atoms with Crippen LogP contribution in [0.5, 0.6) is 5.75 Å². The van der Waals surface area contributed by atoms with Crippen molar-refractivity contribution in [3.05, 3.63) is 28.2 Å². The van der Waals surface area contributed by atoms with Crippen LogP contribution in [0.15, 0.2) is 18.2 Å². The molecule has 142 valence electrons. The van der Waals surface area contributed by atoms with Gasteiger partial charge in [-0.15, -0.1) is 0 Å². The minimum absolute atomic E-state index is 0.209. The summed E-state index contributed by atoms with van der Waals surface area (Å²) < 4.78 is 10.5. The van der Waals surface area contributed by atoms with E-state index in [0.717, 1.165) is 0 Å². The summed E-state index contributed by atoms with van der Waals surface area (Å²) in [6, 6.07) is 4.62. The fourth-order valence-corrected chi connectivity index (χ4v) is 3.02. The molecule has 1 aromatic carbocycles. The molecule has 26 heavy (non-hydrogen) atoms. The Morgan fingerprint density at radius 1 is 1.27 bits per heavy atom. The monoisotopic (exact) mass is 402 g/mol. The Hall–Kier alpha value is -1.99. The van der Waals surface area contributed by atoms with E-state index >= 15 is 0 Å². The van der Waals surface area contributed by atoms with Gasteiger partial charge >= 0.3 is 5.97 Å². The zero-order chi connectivity index (χ0) is 19.3. The Balaban J connectivity index is 1.78. The van der Waals surface area contributed by atoms with E-state index in [2.05, 4.69) is 0 Å². The predicted molar refractivity (Wildman–Crippen MR) is 96.0 cm³/mol. The van der Waals surface area contributed by atoms with Gasteiger partial charge in [-0.25, -0.2) is 4.79 Å². The average Bonchev–Trinajstić information content (AvgIpc) is 2.61. The van der Waals surface area contributed by atoms with Gasteiger partial charge in [0.2, 0.25) is 5.91 Å². The van der Waals surface area contributed by atoms with Gasteiger partial charge in [-0.05, 0) is 38.0 Å². The molecule has 1 aliphatic rings. The second-order valence-electron chi connectivity index (χ2n) is 6.00. The van der Waals surface area contributed by atoms with Gasteiger partial charge in [-0.3, -0.25) is 9.59 Å². The maximum absolute atomic E-state index is 12.1. The number of amides is 2. The number of carbonyl (C=O) groups is 3. The number of halogens is 2. The molecule has 1 atom stereocenters. The zero-order valence-electron chi connectivity index (χ0n) is 14.2. The maximum Gasteiger partial charge on any atom is 0.347 e. The topological polar surface area (TPSA) is 98.9 Å². The van der Waals surface area contributed by atoms with Gasteiger partial charge in [-0.2, -0.15) is 0 Å². The molecule has 2 amide bonds. The second kappa shape index (κ2) is 9.09. The molecule has 0 saturated carbocycles. The van der Waals surface area contributed by atoms with Gasteiger partial charge in [-0.1, -0.05) is 23.2 Å². The Kier molecular flexibility index (Phi) is 7.11. The van der Waals surface area contributed by atoms with Gasteiger partial charge in [0.05, 0.1) is 5.02 Å². The van der Waals surface area contributed by atoms with Crippen LogP contribution in [-0.2, 0) is 19.1 Å². The number of carbonyl (C=O) groups excluding carboxylic acids is 3. The summed E-state index contributed by atoms with van der Waals surface area (Å²) >= 11 is 11.8. The highest BCUT2D eigenvalue weighted by atomic mass is 35.5. The van der Waals surface area contributed by atoms with Crippen molar-refractivity contribution in [3.8, 4) is 5.75 Å². The molecule has 1 aromatic rings. The molecule has 1 saturated heterocycles. The Labute approximate surface area is 161 Å². The molecule has 0 aromatic heterocycles. The van der Waals surface area contributed by atoms with Crippen LogP contribution in [0.3, 0.4) is 0 Å². The lowest BCUT2D eigenvalue weighted by atomic mass is 9.96. The number of hydrogen-bond donors (Lipinski definition) is 1. The molecule has 2 rings (SSSR count). The summed E-state index contributed by atoms with van der Waals surface area (Å²) in [6.07, 6.45) is 0.0924. The molecular formula is C17H20Cl2N2O5. The first kappa shape index (κ1) is 20.3. The highest BCUT2D eigenvalue weighted by Gasteiger charge is 2.27. The van der Waals surface area contributed by atoms with E-state index < -0.39 is 12.1 Å². The zero-order valence-corrected chi connectivity index (χ0v) is 15.8. The van der Waals surface area contributed by atoms with Crippen LogP contribution in [0.25, 0.3) is 0 Å². The van der Waals surface area contributed by atoms with Gasteiger partial charge in [0.25, 0.3) is 5.91 Å². The number of benzene rings is 1. The van der Waals surface area contributed by atoms with E-state index in [1.54, 1.807) is 17.0 Å². The predicted octanol–water partition coefficient (Wildman–Crippen LogP) is 2.03. The SMILES string of the molecule is C[C@H](Oc1ccc(Cl)cc1Cl)C(=O)OCC(=O)N1CCC(C(N)=O)CC1. The molecule has 1 heterocycles. The molecule has 0 unspecified atom stereocenters. The third-order valence-electron chi connectivity index (χ3n) is 4.12. The Bertz CT molecular complexity index is 690. The number of ether oxygens (including phenoxy) is 2. The number of nitrogens with zero attached hydrogens (tertiary/aromatic N) is 1. The summed E-state index contributed by atoms with van der Waals surface area (Å²) in [4.78, 5) is 36.8. The first-order chi connectivity index (χ1) is 12.3. The van der Waals surface area contributed by atoms with Crippen LogP contribution in [0.4, 0.5) is 0 Å². The minimum atomic E-state index is -0.943. The van der Waals surface area contributed by atoms with E-state index in [1.807, 2.05) is 0 Å². The quantitative estimate of drug-likeness (QED) is 0.733. The van der Waals surface area contributed by atoms with Crippen molar-refractivity contribution in [3.63, 3.8) is 0 Å². The van der Waals surface area contributed by atoms with E-state index in [-0.39, 0.29) is 29.4 Å². The molecule has 0 bridgehead atoms. The lowest BCUT2D eigenvalue weighted by molar-refractivity contribution is -0.157. The third-order valence-corrected chi connectivity index (χ3v) is 4.65. The summed E-state index contributed by atoms with van der Waals surface area (Å²) in [5.74, 6) is -1.27. The first-order valence-corrected chi connectivity index (χ1v) is 8.89. The van der Waals surface area contributed by atoms with Gasteiger partial charge < -0.3 is 20.1 Å². The number of nitrogens with two attached hydrogens (primary N) is 1. The minimum Gasteiger partial charge on any atom is -0.477 e. The van der Waals surface area contributed by atoms with E-state index in [1.165, 1.54) is 13.0 Å². The fraction of sp³-hybridized carbons (Fsp3) is 0.471. The number of rotatable bonds is 6. The number of likely N-dealkylation sites (tertiary alicyclic amines) is 1.